The number of nitrogens with one attached hydrogen (secondary N) is 1. The Kier molecular flexibility index (Phi) is 9.77. The Labute approximate surface area is 215 Å². The summed E-state index contributed by atoms with van der Waals surface area (Å²) in [6.07, 6.45) is 2.20. The first-order valence-corrected chi connectivity index (χ1v) is 12.6. The number of carbonyl (C=O) groups is 2. The van der Waals surface area contributed by atoms with Gasteiger partial charge in [0.15, 0.2) is 4.80 Å². The van der Waals surface area contributed by atoms with Gasteiger partial charge in [0.2, 0.25) is 5.91 Å². The maximum atomic E-state index is 12.9. The largest absolute Gasteiger partial charge is 0.494 e. The molecular weight excluding hydrogens is 478 g/mol. The molecular formula is C26H33N5O4S. The third kappa shape index (κ3) is 7.02. The monoisotopic (exact) mass is 511 g/mol. The Hall–Kier alpha value is -3.50. The number of ether oxygens (including phenoxy) is 2. The van der Waals surface area contributed by atoms with Crippen LogP contribution in [-0.4, -0.2) is 62.3 Å². The number of thiazole rings is 1. The summed E-state index contributed by atoms with van der Waals surface area (Å²) in [6.45, 7) is 5.46. The molecule has 0 radical (unpaired) electrons. The summed E-state index contributed by atoms with van der Waals surface area (Å²) in [6, 6.07) is 9.50. The summed E-state index contributed by atoms with van der Waals surface area (Å²) in [5.74, 6) is 0.276. The third-order valence-corrected chi connectivity index (χ3v) is 6.21. The second-order valence-electron chi connectivity index (χ2n) is 8.30. The van der Waals surface area contributed by atoms with Crippen molar-refractivity contribution in [3.8, 4) is 17.0 Å². The van der Waals surface area contributed by atoms with E-state index in [0.29, 0.717) is 36.5 Å². The van der Waals surface area contributed by atoms with Crippen LogP contribution in [0, 0.1) is 6.92 Å². The van der Waals surface area contributed by atoms with E-state index in [1.54, 1.807) is 18.3 Å². The predicted octanol–water partition coefficient (Wildman–Crippen LogP) is 3.28. The van der Waals surface area contributed by atoms with Crippen LogP contribution in [0.15, 0.2) is 46.9 Å². The van der Waals surface area contributed by atoms with Crippen LogP contribution in [0.2, 0.25) is 0 Å². The van der Waals surface area contributed by atoms with Gasteiger partial charge in [-0.1, -0.05) is 0 Å². The maximum absolute atomic E-state index is 12.9. The molecule has 0 aliphatic heterocycles. The van der Waals surface area contributed by atoms with Gasteiger partial charge in [-0.25, -0.2) is 0 Å². The Morgan fingerprint density at radius 3 is 2.69 bits per heavy atom. The van der Waals surface area contributed by atoms with E-state index in [9.17, 15) is 9.59 Å². The molecule has 0 saturated carbocycles. The molecule has 0 aliphatic carbocycles. The van der Waals surface area contributed by atoms with E-state index in [0.717, 1.165) is 28.4 Å². The normalized spacial score (nSPS) is 11.4. The number of aryl methyl sites for hydroxylation is 1. The average molecular weight is 512 g/mol. The van der Waals surface area contributed by atoms with Gasteiger partial charge in [-0.15, -0.1) is 11.3 Å². The molecule has 192 valence electrons. The van der Waals surface area contributed by atoms with E-state index < -0.39 is 0 Å². The highest BCUT2D eigenvalue weighted by atomic mass is 32.1. The second-order valence-corrected chi connectivity index (χ2v) is 9.14. The van der Waals surface area contributed by atoms with Crippen molar-refractivity contribution in [3.05, 3.63) is 58.0 Å². The van der Waals surface area contributed by atoms with Crippen molar-refractivity contribution in [2.75, 3.05) is 45.9 Å². The van der Waals surface area contributed by atoms with Gasteiger partial charge in [0.05, 0.1) is 17.9 Å². The van der Waals surface area contributed by atoms with Crippen LogP contribution in [0.5, 0.6) is 5.75 Å². The van der Waals surface area contributed by atoms with Gasteiger partial charge in [-0.2, -0.15) is 4.99 Å². The Morgan fingerprint density at radius 2 is 2.03 bits per heavy atom. The molecule has 0 spiro atoms. The first-order valence-electron chi connectivity index (χ1n) is 11.7. The van der Waals surface area contributed by atoms with Crippen molar-refractivity contribution in [3.63, 3.8) is 0 Å². The lowest BCUT2D eigenvalue weighted by atomic mass is 10.1. The van der Waals surface area contributed by atoms with Crippen LogP contribution in [0.1, 0.15) is 29.4 Å². The fourth-order valence-corrected chi connectivity index (χ4v) is 4.52. The third-order valence-electron chi connectivity index (χ3n) is 5.35. The first kappa shape index (κ1) is 27.1. The number of benzene rings is 1. The Morgan fingerprint density at radius 1 is 1.22 bits per heavy atom. The summed E-state index contributed by atoms with van der Waals surface area (Å²) in [7, 11) is 5.45. The van der Waals surface area contributed by atoms with Crippen molar-refractivity contribution < 1.29 is 19.1 Å². The lowest BCUT2D eigenvalue weighted by Gasteiger charge is -2.20. The molecule has 0 bridgehead atoms. The lowest BCUT2D eigenvalue weighted by molar-refractivity contribution is -0.124. The molecule has 0 fully saturated rings. The van der Waals surface area contributed by atoms with Gasteiger partial charge in [-0.05, 0) is 44.5 Å². The highest BCUT2D eigenvalue weighted by Crippen LogP contribution is 2.33. The van der Waals surface area contributed by atoms with E-state index in [4.69, 9.17) is 9.47 Å². The zero-order valence-corrected chi connectivity index (χ0v) is 22.2. The number of carbonyl (C=O) groups excluding carboxylic acids is 2. The van der Waals surface area contributed by atoms with E-state index in [1.165, 1.54) is 18.4 Å². The van der Waals surface area contributed by atoms with Crippen molar-refractivity contribution in [1.29, 1.82) is 0 Å². The summed E-state index contributed by atoms with van der Waals surface area (Å²) < 4.78 is 12.6. The molecule has 2 aromatic heterocycles. The number of hydrogen-bond acceptors (Lipinski definition) is 7. The van der Waals surface area contributed by atoms with Gasteiger partial charge in [0.1, 0.15) is 12.4 Å². The van der Waals surface area contributed by atoms with E-state index >= 15 is 0 Å². The zero-order valence-electron chi connectivity index (χ0n) is 21.4. The maximum Gasteiger partial charge on any atom is 0.281 e. The molecule has 0 unspecified atom stereocenters. The fraction of sp³-hybridized carbons (Fsp3) is 0.385. The van der Waals surface area contributed by atoms with Crippen molar-refractivity contribution in [1.82, 2.24) is 14.9 Å². The van der Waals surface area contributed by atoms with Gasteiger partial charge in [0, 0.05) is 68.9 Å². The summed E-state index contributed by atoms with van der Waals surface area (Å²) in [4.78, 5) is 35.9. The molecule has 0 saturated heterocycles. The molecule has 36 heavy (non-hydrogen) atoms. The van der Waals surface area contributed by atoms with Crippen molar-refractivity contribution in [2.45, 2.75) is 26.8 Å². The predicted molar refractivity (Wildman–Crippen MR) is 142 cm³/mol. The number of nitrogens with zero attached hydrogens (tertiary/aromatic N) is 4. The van der Waals surface area contributed by atoms with Crippen LogP contribution in [0.25, 0.3) is 11.3 Å². The summed E-state index contributed by atoms with van der Waals surface area (Å²) >= 11 is 1.40. The number of methoxy groups -OCH3 is 1. The SMILES string of the molecule is CCOc1ccc(-c2csc(=NC(=O)c3ccc(C)nc3)n2CCCNC(=O)COC)c(N(C)C)c1. The van der Waals surface area contributed by atoms with E-state index in [-0.39, 0.29) is 18.4 Å². The molecule has 3 aromatic rings. The van der Waals surface area contributed by atoms with Crippen LogP contribution in [0.3, 0.4) is 0 Å². The van der Waals surface area contributed by atoms with Crippen LogP contribution < -0.4 is 19.8 Å². The molecule has 2 amide bonds. The van der Waals surface area contributed by atoms with Gasteiger partial charge < -0.3 is 24.3 Å². The van der Waals surface area contributed by atoms with E-state index in [1.807, 2.05) is 61.0 Å². The van der Waals surface area contributed by atoms with Crippen LogP contribution in [-0.2, 0) is 16.1 Å². The molecule has 10 heteroatoms. The minimum atomic E-state index is -0.349. The number of pyridine rings is 1. The number of rotatable bonds is 11. The number of anilines is 1. The second kappa shape index (κ2) is 13.0. The number of aromatic nitrogens is 2. The fourth-order valence-electron chi connectivity index (χ4n) is 3.60. The van der Waals surface area contributed by atoms with E-state index in [2.05, 4.69) is 15.3 Å². The molecule has 1 aromatic carbocycles. The molecule has 3 rings (SSSR count). The minimum Gasteiger partial charge on any atom is -0.494 e. The highest BCUT2D eigenvalue weighted by molar-refractivity contribution is 7.07. The average Bonchev–Trinajstić information content (AvgIpc) is 3.24. The first-order chi connectivity index (χ1) is 17.3. The highest BCUT2D eigenvalue weighted by Gasteiger charge is 2.16. The van der Waals surface area contributed by atoms with Crippen molar-refractivity contribution in [2.24, 2.45) is 4.99 Å². The molecule has 0 aliphatic rings. The van der Waals surface area contributed by atoms with Crippen LogP contribution in [0.4, 0.5) is 5.69 Å². The number of amides is 2. The van der Waals surface area contributed by atoms with Crippen LogP contribution >= 0.6 is 11.3 Å². The number of hydrogen-bond donors (Lipinski definition) is 1. The molecule has 9 nitrogen and oxygen atoms in total. The molecule has 1 N–H and O–H groups in total. The zero-order chi connectivity index (χ0) is 26.1. The van der Waals surface area contributed by atoms with Crippen molar-refractivity contribution >= 4 is 28.8 Å². The Bertz CT molecular complexity index is 1250. The van der Waals surface area contributed by atoms with Gasteiger partial charge in [0.25, 0.3) is 5.91 Å². The van der Waals surface area contributed by atoms with Gasteiger partial charge >= 0.3 is 0 Å². The minimum absolute atomic E-state index is 0.0227. The molecule has 0 atom stereocenters. The standard InChI is InChI=1S/C26H33N5O4S/c1-6-35-20-10-11-21(22(14-20)30(3)4)23-17-36-26(29-25(33)19-9-8-18(2)28-15-19)31(23)13-7-12-27-24(32)16-34-5/h8-11,14-15,17H,6-7,12-13,16H2,1-5H3,(H,27,32). The quantitative estimate of drug-likeness (QED) is 0.397. The lowest BCUT2D eigenvalue weighted by Crippen LogP contribution is -2.29. The molecule has 2 heterocycles. The summed E-state index contributed by atoms with van der Waals surface area (Å²) in [5.41, 5.74) is 4.19. The smallest absolute Gasteiger partial charge is 0.281 e. The Balaban J connectivity index is 2.00. The van der Waals surface area contributed by atoms with Gasteiger partial charge in [-0.3, -0.25) is 14.6 Å². The summed E-state index contributed by atoms with van der Waals surface area (Å²) in [5, 5.41) is 4.85. The topological polar surface area (TPSA) is 98.0 Å².